The molecule has 0 fully saturated rings. The maximum Gasteiger partial charge on any atom is 0.337 e. The smallest absolute Gasteiger partial charge is 0.337 e. The van der Waals surface area contributed by atoms with E-state index in [0.29, 0.717) is 5.69 Å². The number of aromatic carboxylic acids is 1. The normalized spacial score (nSPS) is 10.4. The van der Waals surface area contributed by atoms with Crippen molar-refractivity contribution in [3.63, 3.8) is 0 Å². The molecule has 19 heavy (non-hydrogen) atoms. The van der Waals surface area contributed by atoms with Crippen LogP contribution in [0.15, 0.2) is 18.2 Å². The number of anilines is 3. The van der Waals surface area contributed by atoms with Crippen molar-refractivity contribution < 1.29 is 9.90 Å². The van der Waals surface area contributed by atoms with Crippen molar-refractivity contribution >= 4 is 33.8 Å². The Hall–Kier alpha value is -2.08. The van der Waals surface area contributed by atoms with Crippen LogP contribution in [0, 0.1) is 6.92 Å². The van der Waals surface area contributed by atoms with Gasteiger partial charge in [0, 0.05) is 16.3 Å². The standard InChI is InChI=1S/C13H15N3O2S/c1-3-11-7(2)19-13(16-11)15-8-4-5-10(14)9(6-8)12(17)18/h4-6H,3,14H2,1-2H3,(H,15,16)(H,17,18). The molecule has 0 aliphatic heterocycles. The predicted octanol–water partition coefficient (Wildman–Crippen LogP) is 3.04. The third-order valence-corrected chi connectivity index (χ3v) is 3.69. The highest BCUT2D eigenvalue weighted by Gasteiger charge is 2.10. The number of hydrogen-bond acceptors (Lipinski definition) is 5. The highest BCUT2D eigenvalue weighted by molar-refractivity contribution is 7.15. The maximum absolute atomic E-state index is 11.0. The summed E-state index contributed by atoms with van der Waals surface area (Å²) >= 11 is 1.55. The first-order valence-corrected chi connectivity index (χ1v) is 6.69. The van der Waals surface area contributed by atoms with Gasteiger partial charge >= 0.3 is 5.97 Å². The average molecular weight is 277 g/mol. The summed E-state index contributed by atoms with van der Waals surface area (Å²) in [4.78, 5) is 16.6. The zero-order valence-corrected chi connectivity index (χ0v) is 11.5. The van der Waals surface area contributed by atoms with Gasteiger partial charge in [-0.05, 0) is 31.5 Å². The highest BCUT2D eigenvalue weighted by Crippen LogP contribution is 2.27. The van der Waals surface area contributed by atoms with Crippen LogP contribution < -0.4 is 11.1 Å². The summed E-state index contributed by atoms with van der Waals surface area (Å²) in [6, 6.07) is 4.83. The molecule has 2 aromatic rings. The van der Waals surface area contributed by atoms with E-state index in [4.69, 9.17) is 10.8 Å². The van der Waals surface area contributed by atoms with Gasteiger partial charge in [-0.2, -0.15) is 0 Å². The Bertz CT molecular complexity index is 622. The van der Waals surface area contributed by atoms with E-state index in [-0.39, 0.29) is 11.3 Å². The Morgan fingerprint density at radius 2 is 2.26 bits per heavy atom. The molecule has 6 heteroatoms. The van der Waals surface area contributed by atoms with Gasteiger partial charge in [-0.25, -0.2) is 9.78 Å². The number of benzene rings is 1. The lowest BCUT2D eigenvalue weighted by atomic mass is 10.1. The van der Waals surface area contributed by atoms with E-state index in [1.54, 1.807) is 23.5 Å². The van der Waals surface area contributed by atoms with Crippen LogP contribution in [0.2, 0.25) is 0 Å². The summed E-state index contributed by atoms with van der Waals surface area (Å²) in [7, 11) is 0. The number of hydrogen-bond donors (Lipinski definition) is 3. The number of thiazole rings is 1. The number of nitrogens with two attached hydrogens (primary N) is 1. The Balaban J connectivity index is 2.28. The van der Waals surface area contributed by atoms with Crippen LogP contribution in [0.5, 0.6) is 0 Å². The van der Waals surface area contributed by atoms with Gasteiger partial charge in [0.25, 0.3) is 0 Å². The van der Waals surface area contributed by atoms with Crippen LogP contribution in [-0.2, 0) is 6.42 Å². The van der Waals surface area contributed by atoms with Gasteiger partial charge in [-0.1, -0.05) is 6.92 Å². The van der Waals surface area contributed by atoms with Gasteiger partial charge in [0.05, 0.1) is 11.3 Å². The topological polar surface area (TPSA) is 88.2 Å². The third kappa shape index (κ3) is 2.85. The minimum atomic E-state index is -1.04. The second kappa shape index (κ2) is 5.27. The Labute approximate surface area is 115 Å². The zero-order valence-electron chi connectivity index (χ0n) is 10.7. The molecule has 0 amide bonds. The minimum Gasteiger partial charge on any atom is -0.478 e. The van der Waals surface area contributed by atoms with Crippen molar-refractivity contribution in [2.75, 3.05) is 11.1 Å². The van der Waals surface area contributed by atoms with E-state index in [2.05, 4.69) is 17.2 Å². The van der Waals surface area contributed by atoms with Crippen LogP contribution in [-0.4, -0.2) is 16.1 Å². The molecule has 0 saturated heterocycles. The number of nitrogens with one attached hydrogen (secondary N) is 1. The summed E-state index contributed by atoms with van der Waals surface area (Å²) in [5.74, 6) is -1.04. The van der Waals surface area contributed by atoms with Crippen LogP contribution in [0.1, 0.15) is 27.9 Å². The molecule has 1 heterocycles. The quantitative estimate of drug-likeness (QED) is 0.747. The van der Waals surface area contributed by atoms with Gasteiger partial charge in [0.2, 0.25) is 0 Å². The van der Waals surface area contributed by atoms with Gasteiger partial charge in [-0.3, -0.25) is 0 Å². The zero-order chi connectivity index (χ0) is 14.0. The predicted molar refractivity (Wildman–Crippen MR) is 77.3 cm³/mol. The molecule has 0 atom stereocenters. The van der Waals surface area contributed by atoms with Crippen LogP contribution in [0.25, 0.3) is 0 Å². The molecule has 0 radical (unpaired) electrons. The molecule has 0 aliphatic rings. The summed E-state index contributed by atoms with van der Waals surface area (Å²) < 4.78 is 0. The van der Waals surface area contributed by atoms with Gasteiger partial charge < -0.3 is 16.2 Å². The second-order valence-corrected chi connectivity index (χ2v) is 5.31. The molecule has 1 aromatic carbocycles. The molecular weight excluding hydrogens is 262 g/mol. The van der Waals surface area contributed by atoms with E-state index >= 15 is 0 Å². The molecule has 0 spiro atoms. The van der Waals surface area contributed by atoms with Gasteiger partial charge in [0.1, 0.15) is 0 Å². The van der Waals surface area contributed by atoms with Gasteiger partial charge in [-0.15, -0.1) is 11.3 Å². The fraction of sp³-hybridized carbons (Fsp3) is 0.231. The molecule has 5 nitrogen and oxygen atoms in total. The third-order valence-electron chi connectivity index (χ3n) is 2.76. The monoisotopic (exact) mass is 277 g/mol. The number of rotatable bonds is 4. The Morgan fingerprint density at radius 1 is 1.53 bits per heavy atom. The molecule has 4 N–H and O–H groups in total. The number of carboxylic acids is 1. The van der Waals surface area contributed by atoms with Crippen molar-refractivity contribution in [3.05, 3.63) is 34.3 Å². The molecular formula is C13H15N3O2S. The van der Waals surface area contributed by atoms with Crippen molar-refractivity contribution in [2.45, 2.75) is 20.3 Å². The number of nitrogens with zero attached hydrogens (tertiary/aromatic N) is 1. The van der Waals surface area contributed by atoms with Crippen molar-refractivity contribution in [1.82, 2.24) is 4.98 Å². The molecule has 0 saturated carbocycles. The summed E-state index contributed by atoms with van der Waals surface area (Å²) in [6.07, 6.45) is 0.881. The fourth-order valence-electron chi connectivity index (χ4n) is 1.75. The first-order chi connectivity index (χ1) is 9.01. The Morgan fingerprint density at radius 3 is 2.84 bits per heavy atom. The van der Waals surface area contributed by atoms with Crippen molar-refractivity contribution in [2.24, 2.45) is 0 Å². The number of carboxylic acid groups (broad SMARTS) is 1. The number of carbonyl (C=O) groups is 1. The molecule has 0 unspecified atom stereocenters. The molecule has 0 aliphatic carbocycles. The lowest BCUT2D eigenvalue weighted by Gasteiger charge is -2.06. The van der Waals surface area contributed by atoms with Crippen molar-refractivity contribution in [3.8, 4) is 0 Å². The molecule has 100 valence electrons. The SMILES string of the molecule is CCc1nc(Nc2ccc(N)c(C(=O)O)c2)sc1C. The first-order valence-electron chi connectivity index (χ1n) is 5.87. The summed E-state index contributed by atoms with van der Waals surface area (Å²) in [6.45, 7) is 4.07. The highest BCUT2D eigenvalue weighted by atomic mass is 32.1. The largest absolute Gasteiger partial charge is 0.478 e. The molecule has 1 aromatic heterocycles. The number of nitrogen functional groups attached to an aromatic ring is 1. The lowest BCUT2D eigenvalue weighted by Crippen LogP contribution is -2.03. The van der Waals surface area contributed by atoms with Crippen LogP contribution in [0.3, 0.4) is 0 Å². The second-order valence-electron chi connectivity index (χ2n) is 4.11. The lowest BCUT2D eigenvalue weighted by molar-refractivity contribution is 0.0698. The fourth-order valence-corrected chi connectivity index (χ4v) is 2.67. The van der Waals surface area contributed by atoms with Crippen LogP contribution >= 0.6 is 11.3 Å². The molecule has 2 rings (SSSR count). The van der Waals surface area contributed by atoms with E-state index < -0.39 is 5.97 Å². The van der Waals surface area contributed by atoms with Gasteiger partial charge in [0.15, 0.2) is 5.13 Å². The average Bonchev–Trinajstić information content (AvgIpc) is 2.71. The van der Waals surface area contributed by atoms with E-state index in [1.165, 1.54) is 10.9 Å². The van der Waals surface area contributed by atoms with E-state index in [1.807, 2.05) is 6.92 Å². The minimum absolute atomic E-state index is 0.0917. The first kappa shape index (κ1) is 13.4. The van der Waals surface area contributed by atoms with Crippen LogP contribution in [0.4, 0.5) is 16.5 Å². The van der Waals surface area contributed by atoms with Crippen molar-refractivity contribution in [1.29, 1.82) is 0 Å². The molecule has 0 bridgehead atoms. The summed E-state index contributed by atoms with van der Waals surface area (Å²) in [5.41, 5.74) is 7.68. The van der Waals surface area contributed by atoms with E-state index in [0.717, 1.165) is 17.2 Å². The summed E-state index contributed by atoms with van der Waals surface area (Å²) in [5, 5.41) is 12.9. The number of aromatic nitrogens is 1. The Kier molecular flexibility index (Phi) is 3.71. The van der Waals surface area contributed by atoms with E-state index in [9.17, 15) is 4.79 Å². The maximum atomic E-state index is 11.0. The number of aryl methyl sites for hydroxylation is 2.